The lowest BCUT2D eigenvalue weighted by molar-refractivity contribution is -0.138. The van der Waals surface area contributed by atoms with E-state index in [0.29, 0.717) is 6.54 Å². The number of anilines is 1. The van der Waals surface area contributed by atoms with Gasteiger partial charge in [-0.2, -0.15) is 13.2 Å². The van der Waals surface area contributed by atoms with Crippen LogP contribution in [0, 0.1) is 5.92 Å². The average Bonchev–Trinajstić information content (AvgIpc) is 2.86. The van der Waals surface area contributed by atoms with Crippen LogP contribution < -0.4 is 10.6 Å². The van der Waals surface area contributed by atoms with Gasteiger partial charge in [0.05, 0.1) is 11.7 Å². The molecule has 0 aromatic heterocycles. The molecule has 20 heavy (non-hydrogen) atoms. The van der Waals surface area contributed by atoms with Crippen LogP contribution in [0.4, 0.5) is 18.9 Å². The van der Waals surface area contributed by atoms with Crippen molar-refractivity contribution in [1.82, 2.24) is 0 Å². The lowest BCUT2D eigenvalue weighted by atomic mass is 10.0. The van der Waals surface area contributed by atoms with E-state index >= 15 is 0 Å². The van der Waals surface area contributed by atoms with E-state index in [2.05, 4.69) is 0 Å². The van der Waals surface area contributed by atoms with Gasteiger partial charge in [-0.05, 0) is 37.1 Å². The van der Waals surface area contributed by atoms with Gasteiger partial charge in [0.1, 0.15) is 0 Å². The summed E-state index contributed by atoms with van der Waals surface area (Å²) in [4.78, 5) is 2.00. The molecule has 1 aromatic rings. The fourth-order valence-corrected chi connectivity index (χ4v) is 2.64. The first kappa shape index (κ1) is 15.1. The van der Waals surface area contributed by atoms with Crippen LogP contribution >= 0.6 is 0 Å². The third kappa shape index (κ3) is 3.07. The summed E-state index contributed by atoms with van der Waals surface area (Å²) in [5.41, 5.74) is 5.61. The zero-order valence-electron chi connectivity index (χ0n) is 11.3. The molecule has 1 fully saturated rings. The van der Waals surface area contributed by atoms with Crippen LogP contribution in [0.3, 0.4) is 0 Å². The summed E-state index contributed by atoms with van der Waals surface area (Å²) in [6.45, 7) is 3.00. The molecule has 1 heterocycles. The van der Waals surface area contributed by atoms with E-state index in [9.17, 15) is 18.3 Å². The normalized spacial score (nSPS) is 21.3. The molecular weight excluding hydrogens is 269 g/mol. The van der Waals surface area contributed by atoms with Gasteiger partial charge >= 0.3 is 6.18 Å². The SMILES string of the molecule is CC(O)C1CCN(c2ccc(C(F)(F)F)c(CN)c2)C1. The van der Waals surface area contributed by atoms with Crippen molar-refractivity contribution in [2.45, 2.75) is 32.2 Å². The minimum atomic E-state index is -4.37. The fraction of sp³-hybridized carbons (Fsp3) is 0.571. The molecule has 2 unspecified atom stereocenters. The molecule has 1 aliphatic heterocycles. The molecule has 2 rings (SSSR count). The number of benzene rings is 1. The highest BCUT2D eigenvalue weighted by Crippen LogP contribution is 2.35. The maximum atomic E-state index is 12.8. The van der Waals surface area contributed by atoms with E-state index in [1.54, 1.807) is 6.92 Å². The highest BCUT2D eigenvalue weighted by Gasteiger charge is 2.33. The third-order valence-corrected chi connectivity index (χ3v) is 3.89. The molecule has 2 atom stereocenters. The van der Waals surface area contributed by atoms with Crippen molar-refractivity contribution in [1.29, 1.82) is 0 Å². The van der Waals surface area contributed by atoms with Gasteiger partial charge < -0.3 is 15.7 Å². The molecule has 3 nitrogen and oxygen atoms in total. The Hall–Kier alpha value is -1.27. The van der Waals surface area contributed by atoms with Gasteiger partial charge in [0.25, 0.3) is 0 Å². The Morgan fingerprint density at radius 1 is 1.45 bits per heavy atom. The molecule has 112 valence electrons. The predicted molar refractivity (Wildman–Crippen MR) is 71.3 cm³/mol. The molecule has 3 N–H and O–H groups in total. The van der Waals surface area contributed by atoms with Crippen LogP contribution in [-0.4, -0.2) is 24.3 Å². The van der Waals surface area contributed by atoms with Crippen molar-refractivity contribution in [2.24, 2.45) is 11.7 Å². The van der Waals surface area contributed by atoms with Gasteiger partial charge in [0.2, 0.25) is 0 Å². The smallest absolute Gasteiger partial charge is 0.393 e. The van der Waals surface area contributed by atoms with Crippen LogP contribution in [0.5, 0.6) is 0 Å². The molecule has 0 spiro atoms. The van der Waals surface area contributed by atoms with Gasteiger partial charge in [0.15, 0.2) is 0 Å². The number of hydrogen-bond donors (Lipinski definition) is 2. The monoisotopic (exact) mass is 288 g/mol. The third-order valence-electron chi connectivity index (χ3n) is 3.89. The highest BCUT2D eigenvalue weighted by molar-refractivity contribution is 5.52. The van der Waals surface area contributed by atoms with E-state index in [-0.39, 0.29) is 18.0 Å². The summed E-state index contributed by atoms with van der Waals surface area (Å²) in [5, 5.41) is 9.57. The zero-order valence-corrected chi connectivity index (χ0v) is 11.3. The van der Waals surface area contributed by atoms with Crippen molar-refractivity contribution in [3.63, 3.8) is 0 Å². The number of aliphatic hydroxyl groups is 1. The van der Waals surface area contributed by atoms with E-state index in [0.717, 1.165) is 24.7 Å². The van der Waals surface area contributed by atoms with Crippen molar-refractivity contribution in [3.8, 4) is 0 Å². The number of nitrogens with two attached hydrogens (primary N) is 1. The van der Waals surface area contributed by atoms with E-state index in [1.165, 1.54) is 12.1 Å². The second-order valence-electron chi connectivity index (χ2n) is 5.28. The van der Waals surface area contributed by atoms with Gasteiger partial charge in [0, 0.05) is 31.2 Å². The van der Waals surface area contributed by atoms with E-state index in [4.69, 9.17) is 5.73 Å². The largest absolute Gasteiger partial charge is 0.416 e. The van der Waals surface area contributed by atoms with Crippen molar-refractivity contribution in [3.05, 3.63) is 29.3 Å². The van der Waals surface area contributed by atoms with Crippen LogP contribution in [0.1, 0.15) is 24.5 Å². The van der Waals surface area contributed by atoms with E-state index in [1.807, 2.05) is 4.90 Å². The zero-order chi connectivity index (χ0) is 14.9. The number of nitrogens with zero attached hydrogens (tertiary/aromatic N) is 1. The Morgan fingerprint density at radius 3 is 2.65 bits per heavy atom. The lowest BCUT2D eigenvalue weighted by Crippen LogP contribution is -2.24. The van der Waals surface area contributed by atoms with E-state index < -0.39 is 17.8 Å². The standard InChI is InChI=1S/C14H19F3N2O/c1-9(20)10-4-5-19(8-10)12-2-3-13(14(15,16)17)11(6-12)7-18/h2-3,6,9-10,20H,4-5,7-8,18H2,1H3. The molecular formula is C14H19F3N2O. The Kier molecular flexibility index (Phi) is 4.25. The summed E-state index contributed by atoms with van der Waals surface area (Å²) in [6.07, 6.45) is -3.93. The van der Waals surface area contributed by atoms with Crippen LogP contribution in [0.2, 0.25) is 0 Å². The van der Waals surface area contributed by atoms with Crippen LogP contribution in [0.15, 0.2) is 18.2 Å². The Bertz CT molecular complexity index is 474. The molecule has 6 heteroatoms. The van der Waals surface area contributed by atoms with Crippen molar-refractivity contribution < 1.29 is 18.3 Å². The number of rotatable bonds is 3. The number of alkyl halides is 3. The minimum absolute atomic E-state index is 0.107. The van der Waals surface area contributed by atoms with Crippen LogP contribution in [0.25, 0.3) is 0 Å². The Morgan fingerprint density at radius 2 is 2.15 bits per heavy atom. The van der Waals surface area contributed by atoms with Crippen molar-refractivity contribution >= 4 is 5.69 Å². The number of aliphatic hydroxyl groups excluding tert-OH is 1. The van der Waals surface area contributed by atoms with Crippen molar-refractivity contribution in [2.75, 3.05) is 18.0 Å². The molecule has 0 amide bonds. The number of hydrogen-bond acceptors (Lipinski definition) is 3. The molecule has 0 aliphatic carbocycles. The number of halogens is 3. The molecule has 1 saturated heterocycles. The second-order valence-corrected chi connectivity index (χ2v) is 5.28. The summed E-state index contributed by atoms with van der Waals surface area (Å²) in [5.74, 6) is 0.165. The van der Waals surface area contributed by atoms with Crippen LogP contribution in [-0.2, 0) is 12.7 Å². The predicted octanol–water partition coefficient (Wildman–Crippen LogP) is 2.37. The lowest BCUT2D eigenvalue weighted by Gasteiger charge is -2.22. The second kappa shape index (κ2) is 5.61. The molecule has 1 aliphatic rings. The summed E-state index contributed by atoms with van der Waals surface area (Å²) < 4.78 is 38.4. The molecule has 0 bridgehead atoms. The Labute approximate surface area is 116 Å². The van der Waals surface area contributed by atoms with Gasteiger partial charge in [-0.1, -0.05) is 0 Å². The fourth-order valence-electron chi connectivity index (χ4n) is 2.64. The first-order valence-corrected chi connectivity index (χ1v) is 6.66. The van der Waals surface area contributed by atoms with Gasteiger partial charge in [-0.15, -0.1) is 0 Å². The molecule has 1 aromatic carbocycles. The topological polar surface area (TPSA) is 49.5 Å². The van der Waals surface area contributed by atoms with Gasteiger partial charge in [-0.3, -0.25) is 0 Å². The average molecular weight is 288 g/mol. The highest BCUT2D eigenvalue weighted by atomic mass is 19.4. The summed E-state index contributed by atoms with van der Waals surface area (Å²) in [6, 6.07) is 4.08. The minimum Gasteiger partial charge on any atom is -0.393 e. The summed E-state index contributed by atoms with van der Waals surface area (Å²) in [7, 11) is 0. The Balaban J connectivity index is 2.23. The first-order chi connectivity index (χ1) is 9.32. The molecule has 0 saturated carbocycles. The maximum absolute atomic E-state index is 12.8. The maximum Gasteiger partial charge on any atom is 0.416 e. The quantitative estimate of drug-likeness (QED) is 0.898. The summed E-state index contributed by atoms with van der Waals surface area (Å²) >= 11 is 0. The van der Waals surface area contributed by atoms with Gasteiger partial charge in [-0.25, -0.2) is 0 Å². The first-order valence-electron chi connectivity index (χ1n) is 6.66. The molecule has 0 radical (unpaired) electrons.